The third kappa shape index (κ3) is 1.48. The summed E-state index contributed by atoms with van der Waals surface area (Å²) < 4.78 is 0. The highest BCUT2D eigenvalue weighted by molar-refractivity contribution is 5.99. The van der Waals surface area contributed by atoms with E-state index in [1.165, 1.54) is 0 Å². The molecule has 0 bridgehead atoms. The lowest BCUT2D eigenvalue weighted by molar-refractivity contribution is -0.119. The first-order valence-corrected chi connectivity index (χ1v) is 5.04. The minimum Gasteiger partial charge on any atom is -0.350 e. The summed E-state index contributed by atoms with van der Waals surface area (Å²) in [7, 11) is 0. The van der Waals surface area contributed by atoms with E-state index in [9.17, 15) is 9.59 Å². The Balaban J connectivity index is 0.000000853. The molecule has 0 aromatic rings. The van der Waals surface area contributed by atoms with E-state index < -0.39 is 0 Å². The van der Waals surface area contributed by atoms with Gasteiger partial charge in [-0.1, -0.05) is 6.08 Å². The molecule has 5 heteroatoms. The van der Waals surface area contributed by atoms with E-state index in [2.05, 4.69) is 10.6 Å². The molecule has 1 saturated carbocycles. The monoisotopic (exact) mass is 228 g/mol. The molecule has 0 spiro atoms. The Labute approximate surface area is 93.9 Å². The van der Waals surface area contributed by atoms with Crippen LogP contribution in [0.3, 0.4) is 0 Å². The second-order valence-electron chi connectivity index (χ2n) is 4.19. The van der Waals surface area contributed by atoms with Crippen molar-refractivity contribution in [2.24, 2.45) is 5.92 Å². The lowest BCUT2D eigenvalue weighted by Gasteiger charge is -2.27. The minimum atomic E-state index is -0.0508. The van der Waals surface area contributed by atoms with Gasteiger partial charge in [0.15, 0.2) is 0 Å². The molecule has 2 aliphatic heterocycles. The highest BCUT2D eigenvalue weighted by atomic mass is 35.5. The largest absolute Gasteiger partial charge is 0.350 e. The molecule has 3 atom stereocenters. The van der Waals surface area contributed by atoms with Crippen LogP contribution >= 0.6 is 12.4 Å². The average Bonchev–Trinajstić information content (AvgIpc) is 2.71. The predicted octanol–water partition coefficient (Wildman–Crippen LogP) is -0.216. The number of halogens is 1. The number of nitrogens with one attached hydrogen (secondary N) is 2. The molecule has 1 aliphatic carbocycles. The van der Waals surface area contributed by atoms with Gasteiger partial charge in [-0.25, -0.2) is 0 Å². The number of rotatable bonds is 0. The number of fused-ring (bicyclic) bond motifs is 2. The molecule has 2 heterocycles. The van der Waals surface area contributed by atoms with Gasteiger partial charge in [-0.05, 0) is 6.42 Å². The molecule has 0 aromatic heterocycles. The van der Waals surface area contributed by atoms with E-state index in [1.54, 1.807) is 0 Å². The van der Waals surface area contributed by atoms with E-state index in [0.717, 1.165) is 12.0 Å². The van der Waals surface area contributed by atoms with Crippen LogP contribution in [0.25, 0.3) is 0 Å². The summed E-state index contributed by atoms with van der Waals surface area (Å²) >= 11 is 0. The number of ketones is 1. The lowest BCUT2D eigenvalue weighted by Crippen LogP contribution is -2.46. The van der Waals surface area contributed by atoms with Gasteiger partial charge in [0.2, 0.25) is 5.91 Å². The lowest BCUT2D eigenvalue weighted by atomic mass is 9.92. The quantitative estimate of drug-likeness (QED) is 0.603. The van der Waals surface area contributed by atoms with Crippen molar-refractivity contribution in [3.8, 4) is 0 Å². The van der Waals surface area contributed by atoms with Gasteiger partial charge in [-0.3, -0.25) is 9.59 Å². The van der Waals surface area contributed by atoms with Crippen molar-refractivity contribution < 1.29 is 9.59 Å². The van der Waals surface area contributed by atoms with Crippen LogP contribution in [0.2, 0.25) is 0 Å². The topological polar surface area (TPSA) is 58.2 Å². The summed E-state index contributed by atoms with van der Waals surface area (Å²) in [5.41, 5.74) is 0.765. The first kappa shape index (κ1) is 10.6. The van der Waals surface area contributed by atoms with E-state index >= 15 is 0 Å². The molecule has 3 aliphatic rings. The van der Waals surface area contributed by atoms with Gasteiger partial charge < -0.3 is 10.6 Å². The highest BCUT2D eigenvalue weighted by Gasteiger charge is 2.42. The molecule has 2 N–H and O–H groups in total. The number of carbonyl (C=O) groups is 2. The van der Waals surface area contributed by atoms with Gasteiger partial charge in [0.25, 0.3) is 0 Å². The molecule has 15 heavy (non-hydrogen) atoms. The molecular formula is C10H13ClN2O2. The van der Waals surface area contributed by atoms with Crippen molar-refractivity contribution in [3.05, 3.63) is 11.6 Å². The number of hydrogen-bond donors (Lipinski definition) is 2. The molecule has 1 amide bonds. The molecule has 4 nitrogen and oxygen atoms in total. The van der Waals surface area contributed by atoms with E-state index in [-0.39, 0.29) is 42.1 Å². The fourth-order valence-electron chi connectivity index (χ4n) is 2.62. The smallest absolute Gasteiger partial charge is 0.248 e. The first-order valence-electron chi connectivity index (χ1n) is 5.04. The van der Waals surface area contributed by atoms with Crippen molar-refractivity contribution in [2.45, 2.75) is 24.9 Å². The molecule has 82 valence electrons. The molecule has 3 rings (SSSR count). The Kier molecular flexibility index (Phi) is 2.56. The van der Waals surface area contributed by atoms with Crippen LogP contribution < -0.4 is 10.6 Å². The summed E-state index contributed by atoms with van der Waals surface area (Å²) in [6.45, 7) is 0.669. The van der Waals surface area contributed by atoms with Crippen molar-refractivity contribution in [1.82, 2.24) is 10.6 Å². The maximum atomic E-state index is 11.5. The summed E-state index contributed by atoms with van der Waals surface area (Å²) in [6.07, 6.45) is 3.45. The van der Waals surface area contributed by atoms with Gasteiger partial charge in [0, 0.05) is 24.6 Å². The molecule has 2 fully saturated rings. The van der Waals surface area contributed by atoms with Gasteiger partial charge in [0.1, 0.15) is 5.78 Å². The first-order chi connectivity index (χ1) is 6.75. The Morgan fingerprint density at radius 2 is 2.13 bits per heavy atom. The van der Waals surface area contributed by atoms with Gasteiger partial charge in [-0.15, -0.1) is 12.4 Å². The van der Waals surface area contributed by atoms with E-state index in [0.29, 0.717) is 13.0 Å². The molecular weight excluding hydrogens is 216 g/mol. The second-order valence-corrected chi connectivity index (χ2v) is 4.19. The maximum absolute atomic E-state index is 11.5. The fraction of sp³-hybridized carbons (Fsp3) is 0.600. The Hall–Kier alpha value is -0.870. The molecule has 1 saturated heterocycles. The van der Waals surface area contributed by atoms with Crippen LogP contribution in [0.15, 0.2) is 11.6 Å². The average molecular weight is 229 g/mol. The maximum Gasteiger partial charge on any atom is 0.248 e. The zero-order valence-electron chi connectivity index (χ0n) is 8.16. The number of amides is 1. The number of Topliss-reactive ketones (excluding diaryl/α,β-unsaturated/α-hetero) is 1. The van der Waals surface area contributed by atoms with Crippen LogP contribution in [-0.4, -0.2) is 30.3 Å². The normalized spacial score (nSPS) is 37.6. The van der Waals surface area contributed by atoms with Crippen molar-refractivity contribution in [1.29, 1.82) is 0 Å². The number of carbonyl (C=O) groups excluding carboxylic acids is 2. The fourth-order valence-corrected chi connectivity index (χ4v) is 2.62. The van der Waals surface area contributed by atoms with E-state index in [4.69, 9.17) is 0 Å². The van der Waals surface area contributed by atoms with Crippen LogP contribution in [0.5, 0.6) is 0 Å². The molecule has 0 radical (unpaired) electrons. The summed E-state index contributed by atoms with van der Waals surface area (Å²) in [6, 6.07) is 0.401. The Morgan fingerprint density at radius 1 is 1.33 bits per heavy atom. The molecule has 0 aromatic carbocycles. The third-order valence-electron chi connectivity index (χ3n) is 3.39. The van der Waals surface area contributed by atoms with Crippen molar-refractivity contribution >= 4 is 24.1 Å². The second kappa shape index (κ2) is 3.61. The van der Waals surface area contributed by atoms with Crippen LogP contribution in [0, 0.1) is 5.92 Å². The molecule has 3 unspecified atom stereocenters. The Morgan fingerprint density at radius 3 is 2.93 bits per heavy atom. The van der Waals surface area contributed by atoms with Gasteiger partial charge in [0.05, 0.1) is 12.0 Å². The summed E-state index contributed by atoms with van der Waals surface area (Å²) in [4.78, 5) is 22.9. The summed E-state index contributed by atoms with van der Waals surface area (Å²) in [5.74, 6) is 0.207. The van der Waals surface area contributed by atoms with E-state index in [1.807, 2.05) is 6.08 Å². The van der Waals surface area contributed by atoms with Crippen LogP contribution in [0.1, 0.15) is 12.8 Å². The highest BCUT2D eigenvalue weighted by Crippen LogP contribution is 2.30. The number of hydrogen-bond acceptors (Lipinski definition) is 3. The van der Waals surface area contributed by atoms with Crippen LogP contribution in [0.4, 0.5) is 0 Å². The van der Waals surface area contributed by atoms with Gasteiger partial charge >= 0.3 is 0 Å². The zero-order chi connectivity index (χ0) is 9.71. The van der Waals surface area contributed by atoms with Gasteiger partial charge in [-0.2, -0.15) is 0 Å². The zero-order valence-corrected chi connectivity index (χ0v) is 8.97. The standard InChI is InChI=1S/C10H12N2O2.ClH/c13-9-2-1-7-5(9)3-6-8(12-7)4-11-10(6)14;/h3,5,7-8,12H,1-2,4H2,(H,11,14);1H. The third-order valence-corrected chi connectivity index (χ3v) is 3.39. The Bertz CT molecular complexity index is 353. The predicted molar refractivity (Wildman–Crippen MR) is 56.8 cm³/mol. The van der Waals surface area contributed by atoms with Crippen molar-refractivity contribution in [3.63, 3.8) is 0 Å². The minimum absolute atomic E-state index is 0. The van der Waals surface area contributed by atoms with Crippen molar-refractivity contribution in [2.75, 3.05) is 6.54 Å². The summed E-state index contributed by atoms with van der Waals surface area (Å²) in [5, 5.41) is 6.15. The SMILES string of the molecule is Cl.O=C1NCC2NC3CCC(=O)C3C=C12. The van der Waals surface area contributed by atoms with Crippen LogP contribution in [-0.2, 0) is 9.59 Å².